The summed E-state index contributed by atoms with van der Waals surface area (Å²) in [5.41, 5.74) is 2.16. The van der Waals surface area contributed by atoms with Crippen LogP contribution in [0.2, 0.25) is 0 Å². The molecule has 7 heteroatoms. The van der Waals surface area contributed by atoms with Crippen LogP contribution in [-0.2, 0) is 6.42 Å². The highest BCUT2D eigenvalue weighted by Crippen LogP contribution is 2.15. The first-order valence-electron chi connectivity index (χ1n) is 12.3. The molecular formula is C29H33F2N3O2. The first-order chi connectivity index (χ1) is 17.4. The van der Waals surface area contributed by atoms with Gasteiger partial charge < -0.3 is 16.0 Å². The van der Waals surface area contributed by atoms with Crippen molar-refractivity contribution < 1.29 is 18.4 Å². The molecule has 0 fully saturated rings. The lowest BCUT2D eigenvalue weighted by atomic mass is 10.0. The second kappa shape index (κ2) is 13.5. The summed E-state index contributed by atoms with van der Waals surface area (Å²) < 4.78 is 27.4. The number of halogens is 2. The van der Waals surface area contributed by atoms with Crippen molar-refractivity contribution in [3.05, 3.63) is 107 Å². The Morgan fingerprint density at radius 1 is 0.806 bits per heavy atom. The first-order valence-corrected chi connectivity index (χ1v) is 12.3. The van der Waals surface area contributed by atoms with E-state index >= 15 is 0 Å². The van der Waals surface area contributed by atoms with Crippen LogP contribution in [0.1, 0.15) is 64.6 Å². The number of carbonyl (C=O) groups excluding carboxylic acids is 2. The third-order valence-corrected chi connectivity index (χ3v) is 5.87. The lowest BCUT2D eigenvalue weighted by Gasteiger charge is -2.20. The first kappa shape index (κ1) is 27.0. The molecule has 0 saturated heterocycles. The predicted octanol–water partition coefficient (Wildman–Crippen LogP) is 5.19. The van der Waals surface area contributed by atoms with Gasteiger partial charge in [-0.1, -0.05) is 43.3 Å². The zero-order valence-electron chi connectivity index (χ0n) is 20.7. The zero-order chi connectivity index (χ0) is 25.9. The maximum atomic E-state index is 13.7. The highest BCUT2D eigenvalue weighted by molar-refractivity contribution is 5.99. The van der Waals surface area contributed by atoms with Crippen LogP contribution in [0.5, 0.6) is 0 Å². The van der Waals surface area contributed by atoms with E-state index in [9.17, 15) is 18.4 Å². The molecule has 36 heavy (non-hydrogen) atoms. The van der Waals surface area contributed by atoms with Gasteiger partial charge in [0, 0.05) is 23.2 Å². The summed E-state index contributed by atoms with van der Waals surface area (Å²) in [6.45, 7) is 5.45. The lowest BCUT2D eigenvalue weighted by Crippen LogP contribution is -2.39. The number of rotatable bonds is 12. The molecule has 0 bridgehead atoms. The van der Waals surface area contributed by atoms with Gasteiger partial charge in [0.05, 0.1) is 6.04 Å². The average Bonchev–Trinajstić information content (AvgIpc) is 2.86. The van der Waals surface area contributed by atoms with Gasteiger partial charge >= 0.3 is 0 Å². The minimum Gasteiger partial charge on any atom is -0.349 e. The van der Waals surface area contributed by atoms with E-state index in [1.165, 1.54) is 12.1 Å². The number of nitrogens with one attached hydrogen (secondary N) is 3. The van der Waals surface area contributed by atoms with E-state index in [2.05, 4.69) is 22.9 Å². The van der Waals surface area contributed by atoms with Crippen LogP contribution in [0.4, 0.5) is 8.78 Å². The quantitative estimate of drug-likeness (QED) is 0.304. The molecule has 0 aliphatic carbocycles. The monoisotopic (exact) mass is 493 g/mol. The molecule has 3 aromatic rings. The van der Waals surface area contributed by atoms with Crippen molar-refractivity contribution in [2.24, 2.45) is 0 Å². The molecular weight excluding hydrogens is 460 g/mol. The summed E-state index contributed by atoms with van der Waals surface area (Å²) in [4.78, 5) is 25.9. The third kappa shape index (κ3) is 8.27. The molecule has 3 aromatic carbocycles. The molecule has 190 valence electrons. The fraction of sp³-hybridized carbons (Fsp3) is 0.310. The Kier molecular flexibility index (Phi) is 10.1. The van der Waals surface area contributed by atoms with Gasteiger partial charge in [0.1, 0.15) is 11.6 Å². The van der Waals surface area contributed by atoms with Crippen LogP contribution < -0.4 is 16.0 Å². The van der Waals surface area contributed by atoms with Gasteiger partial charge in [-0.2, -0.15) is 0 Å². The lowest BCUT2D eigenvalue weighted by molar-refractivity contribution is 0.0934. The van der Waals surface area contributed by atoms with E-state index in [1.54, 1.807) is 24.3 Å². The Balaban J connectivity index is 1.69. The topological polar surface area (TPSA) is 70.2 Å². The van der Waals surface area contributed by atoms with Crippen LogP contribution in [0.15, 0.2) is 72.8 Å². The highest BCUT2D eigenvalue weighted by Gasteiger charge is 2.18. The average molecular weight is 494 g/mol. The maximum absolute atomic E-state index is 13.7. The van der Waals surface area contributed by atoms with E-state index in [-0.39, 0.29) is 30.3 Å². The summed E-state index contributed by atoms with van der Waals surface area (Å²) in [6, 6.07) is 19.0. The third-order valence-electron chi connectivity index (χ3n) is 5.87. The summed E-state index contributed by atoms with van der Waals surface area (Å²) in [5.74, 6) is -1.93. The van der Waals surface area contributed by atoms with Crippen molar-refractivity contribution in [3.8, 4) is 0 Å². The van der Waals surface area contributed by atoms with Gasteiger partial charge in [-0.05, 0) is 80.7 Å². The predicted molar refractivity (Wildman–Crippen MR) is 138 cm³/mol. The number of hydrogen-bond donors (Lipinski definition) is 3. The molecule has 0 spiro atoms. The fourth-order valence-corrected chi connectivity index (χ4v) is 3.99. The molecule has 2 amide bonds. The van der Waals surface area contributed by atoms with Crippen LogP contribution >= 0.6 is 0 Å². The number of benzene rings is 3. The largest absolute Gasteiger partial charge is 0.349 e. The second-order valence-corrected chi connectivity index (χ2v) is 8.88. The molecule has 2 atom stereocenters. The number of amides is 2. The summed E-state index contributed by atoms with van der Waals surface area (Å²) >= 11 is 0. The number of hydrogen-bond acceptors (Lipinski definition) is 3. The van der Waals surface area contributed by atoms with Gasteiger partial charge in [-0.25, -0.2) is 8.78 Å². The van der Waals surface area contributed by atoms with E-state index < -0.39 is 11.6 Å². The molecule has 5 nitrogen and oxygen atoms in total. The molecule has 0 aromatic heterocycles. The van der Waals surface area contributed by atoms with Crippen LogP contribution in [0.25, 0.3) is 0 Å². The van der Waals surface area contributed by atoms with Crippen molar-refractivity contribution in [3.63, 3.8) is 0 Å². The Bertz CT molecular complexity index is 1130. The van der Waals surface area contributed by atoms with E-state index in [1.807, 2.05) is 37.3 Å². The van der Waals surface area contributed by atoms with Crippen LogP contribution in [0.3, 0.4) is 0 Å². The second-order valence-electron chi connectivity index (χ2n) is 8.88. The molecule has 3 rings (SSSR count). The smallest absolute Gasteiger partial charge is 0.251 e. The molecule has 3 N–H and O–H groups in total. The van der Waals surface area contributed by atoms with Crippen LogP contribution in [0, 0.1) is 11.6 Å². The van der Waals surface area contributed by atoms with Gasteiger partial charge in [0.15, 0.2) is 0 Å². The van der Waals surface area contributed by atoms with E-state index in [4.69, 9.17) is 0 Å². The summed E-state index contributed by atoms with van der Waals surface area (Å²) in [7, 11) is 0. The van der Waals surface area contributed by atoms with Crippen molar-refractivity contribution in [1.29, 1.82) is 0 Å². The van der Waals surface area contributed by atoms with Gasteiger partial charge in [0.25, 0.3) is 11.8 Å². The van der Waals surface area contributed by atoms with Gasteiger partial charge in [-0.15, -0.1) is 0 Å². The van der Waals surface area contributed by atoms with Crippen molar-refractivity contribution in [2.75, 3.05) is 13.1 Å². The Morgan fingerprint density at radius 3 is 2.08 bits per heavy atom. The Morgan fingerprint density at radius 2 is 1.44 bits per heavy atom. The van der Waals surface area contributed by atoms with Crippen molar-refractivity contribution >= 4 is 11.8 Å². The number of carbonyl (C=O) groups is 2. The molecule has 1 unspecified atom stereocenters. The molecule has 0 heterocycles. The minimum absolute atomic E-state index is 0.192. The van der Waals surface area contributed by atoms with Gasteiger partial charge in [-0.3, -0.25) is 9.59 Å². The minimum atomic E-state index is -0.650. The summed E-state index contributed by atoms with van der Waals surface area (Å²) in [5, 5.41) is 9.22. The maximum Gasteiger partial charge on any atom is 0.251 e. The molecule has 0 radical (unpaired) electrons. The molecule has 0 saturated carbocycles. The Hall–Kier alpha value is -3.58. The Labute approximate surface area is 211 Å². The van der Waals surface area contributed by atoms with E-state index in [0.29, 0.717) is 29.7 Å². The van der Waals surface area contributed by atoms with Crippen LogP contribution in [-0.4, -0.2) is 30.9 Å². The fourth-order valence-electron chi connectivity index (χ4n) is 3.99. The normalized spacial score (nSPS) is 12.6. The van der Waals surface area contributed by atoms with Crippen molar-refractivity contribution in [1.82, 2.24) is 16.0 Å². The molecule has 0 aliphatic rings. The zero-order valence-corrected chi connectivity index (χ0v) is 20.7. The van der Waals surface area contributed by atoms with E-state index in [0.717, 1.165) is 24.6 Å². The van der Waals surface area contributed by atoms with Crippen molar-refractivity contribution in [2.45, 2.75) is 45.2 Å². The van der Waals surface area contributed by atoms with Gasteiger partial charge in [0.2, 0.25) is 0 Å². The standard InChI is InChI=1S/C29H33F2N3O2/c1-3-13-32-14-12-27(17-21-15-25(30)19-26(31)16-21)34-29(36)24-11-7-10-23(18-24)28(35)33-20(2)22-8-5-4-6-9-22/h4-11,15-16,18-20,27,32H,3,12-14,17H2,1-2H3,(H,33,35)(H,34,36)/t20?,27-/m1/s1. The highest BCUT2D eigenvalue weighted by atomic mass is 19.1. The SMILES string of the molecule is CCCNCC[C@H](Cc1cc(F)cc(F)c1)NC(=O)c1cccc(C(=O)NC(C)c2ccccc2)c1. The molecule has 0 aliphatic heterocycles. The summed E-state index contributed by atoms with van der Waals surface area (Å²) in [6.07, 6.45) is 1.84.